The van der Waals surface area contributed by atoms with Crippen molar-refractivity contribution in [2.75, 3.05) is 18.5 Å². The van der Waals surface area contributed by atoms with Crippen LogP contribution in [-0.4, -0.2) is 27.5 Å². The lowest BCUT2D eigenvalue weighted by atomic mass is 10.2. The fourth-order valence-corrected chi connectivity index (χ4v) is 3.82. The number of rotatable bonds is 8. The summed E-state index contributed by atoms with van der Waals surface area (Å²) in [6.07, 6.45) is 0.715. The van der Waals surface area contributed by atoms with E-state index in [1.54, 1.807) is 6.07 Å². The number of carbonyl (C=O) groups is 1. The molecule has 0 bridgehead atoms. The Bertz CT molecular complexity index is 867. The molecule has 0 saturated heterocycles. The van der Waals surface area contributed by atoms with Crippen molar-refractivity contribution in [3.05, 3.63) is 52.5 Å². The molecule has 2 N–H and O–H groups in total. The SMILES string of the molecule is CCCNS(=O)(=O)c1ccc(OCC(=O)Nc2ccc(C)cc2Br)cc1. The molecule has 0 heterocycles. The number of sulfonamides is 1. The summed E-state index contributed by atoms with van der Waals surface area (Å²) in [5, 5.41) is 2.75. The lowest BCUT2D eigenvalue weighted by molar-refractivity contribution is -0.118. The number of hydrogen-bond donors (Lipinski definition) is 2. The van der Waals surface area contributed by atoms with E-state index in [4.69, 9.17) is 4.74 Å². The zero-order valence-corrected chi connectivity index (χ0v) is 17.0. The number of carbonyl (C=O) groups excluding carboxylic acids is 1. The van der Waals surface area contributed by atoms with Gasteiger partial charge in [0.25, 0.3) is 5.91 Å². The lowest BCUT2D eigenvalue weighted by Gasteiger charge is -2.10. The minimum atomic E-state index is -3.51. The zero-order chi connectivity index (χ0) is 19.2. The molecule has 0 aliphatic heterocycles. The van der Waals surface area contributed by atoms with E-state index in [2.05, 4.69) is 26.0 Å². The molecule has 0 aromatic heterocycles. The van der Waals surface area contributed by atoms with E-state index in [1.807, 2.05) is 26.0 Å². The standard InChI is InChI=1S/C18H21BrN2O4S/c1-3-10-20-26(23,24)15-7-5-14(6-8-15)25-12-18(22)21-17-9-4-13(2)11-16(17)19/h4-9,11,20H,3,10,12H2,1-2H3,(H,21,22). The maximum atomic E-state index is 12.0. The van der Waals surface area contributed by atoms with Crippen LogP contribution in [0.25, 0.3) is 0 Å². The van der Waals surface area contributed by atoms with Gasteiger partial charge in [0.2, 0.25) is 10.0 Å². The van der Waals surface area contributed by atoms with Crippen LogP contribution in [0.15, 0.2) is 51.8 Å². The number of amides is 1. The molecule has 2 rings (SSSR count). The molecule has 0 unspecified atom stereocenters. The second kappa shape index (κ2) is 9.16. The Morgan fingerprint density at radius 1 is 1.15 bits per heavy atom. The van der Waals surface area contributed by atoms with Crippen LogP contribution in [0.3, 0.4) is 0 Å². The summed E-state index contributed by atoms with van der Waals surface area (Å²) < 4.78 is 32.7. The maximum absolute atomic E-state index is 12.0. The summed E-state index contributed by atoms with van der Waals surface area (Å²) in [5.74, 6) is 0.105. The van der Waals surface area contributed by atoms with E-state index in [1.165, 1.54) is 24.3 Å². The Morgan fingerprint density at radius 3 is 2.46 bits per heavy atom. The Hall–Kier alpha value is -1.90. The molecule has 0 spiro atoms. The first-order valence-corrected chi connectivity index (χ1v) is 10.4. The average Bonchev–Trinajstić information content (AvgIpc) is 2.61. The van der Waals surface area contributed by atoms with Gasteiger partial charge in [0.1, 0.15) is 5.75 Å². The summed E-state index contributed by atoms with van der Waals surface area (Å²) >= 11 is 3.40. The summed E-state index contributed by atoms with van der Waals surface area (Å²) in [6.45, 7) is 4.05. The molecule has 140 valence electrons. The average molecular weight is 441 g/mol. The Labute approximate surface area is 162 Å². The normalized spacial score (nSPS) is 11.2. The summed E-state index contributed by atoms with van der Waals surface area (Å²) in [5.41, 5.74) is 1.74. The van der Waals surface area contributed by atoms with Gasteiger partial charge in [-0.3, -0.25) is 4.79 Å². The summed E-state index contributed by atoms with van der Waals surface area (Å²) in [6, 6.07) is 11.5. The van der Waals surface area contributed by atoms with Gasteiger partial charge < -0.3 is 10.1 Å². The van der Waals surface area contributed by atoms with Gasteiger partial charge in [0.05, 0.1) is 10.6 Å². The fraction of sp³-hybridized carbons (Fsp3) is 0.278. The van der Waals surface area contributed by atoms with Crippen LogP contribution in [0, 0.1) is 6.92 Å². The monoisotopic (exact) mass is 440 g/mol. The van der Waals surface area contributed by atoms with Gasteiger partial charge in [-0.15, -0.1) is 0 Å². The topological polar surface area (TPSA) is 84.5 Å². The third-order valence-corrected chi connectivity index (χ3v) is 5.58. The van der Waals surface area contributed by atoms with Crippen LogP contribution in [0.4, 0.5) is 5.69 Å². The van der Waals surface area contributed by atoms with Gasteiger partial charge in [0, 0.05) is 11.0 Å². The van der Waals surface area contributed by atoms with E-state index >= 15 is 0 Å². The second-order valence-electron chi connectivity index (χ2n) is 5.69. The molecular formula is C18H21BrN2O4S. The highest BCUT2D eigenvalue weighted by Crippen LogP contribution is 2.23. The molecule has 0 fully saturated rings. The minimum absolute atomic E-state index is 0.159. The highest BCUT2D eigenvalue weighted by atomic mass is 79.9. The van der Waals surface area contributed by atoms with Crippen molar-refractivity contribution in [1.29, 1.82) is 0 Å². The van der Waals surface area contributed by atoms with Gasteiger partial charge in [0.15, 0.2) is 6.61 Å². The molecule has 26 heavy (non-hydrogen) atoms. The van der Waals surface area contributed by atoms with Crippen molar-refractivity contribution in [1.82, 2.24) is 4.72 Å². The first-order valence-electron chi connectivity index (χ1n) is 8.10. The highest BCUT2D eigenvalue weighted by molar-refractivity contribution is 9.10. The van der Waals surface area contributed by atoms with Crippen molar-refractivity contribution >= 4 is 37.5 Å². The molecule has 0 radical (unpaired) electrons. The largest absolute Gasteiger partial charge is 0.484 e. The van der Waals surface area contributed by atoms with Gasteiger partial charge in [-0.05, 0) is 71.2 Å². The quantitative estimate of drug-likeness (QED) is 0.657. The zero-order valence-electron chi connectivity index (χ0n) is 14.6. The van der Waals surface area contributed by atoms with Crippen LogP contribution in [-0.2, 0) is 14.8 Å². The van der Waals surface area contributed by atoms with E-state index in [0.29, 0.717) is 24.4 Å². The first-order chi connectivity index (χ1) is 12.3. The number of nitrogens with one attached hydrogen (secondary N) is 2. The molecule has 8 heteroatoms. The maximum Gasteiger partial charge on any atom is 0.262 e. The molecule has 0 saturated carbocycles. The van der Waals surface area contributed by atoms with Crippen molar-refractivity contribution in [2.24, 2.45) is 0 Å². The third-order valence-electron chi connectivity index (χ3n) is 3.44. The van der Waals surface area contributed by atoms with Gasteiger partial charge >= 0.3 is 0 Å². The number of anilines is 1. The Kier molecular flexibility index (Phi) is 7.19. The molecule has 1 amide bonds. The predicted molar refractivity (Wildman–Crippen MR) is 105 cm³/mol. The van der Waals surface area contributed by atoms with Crippen molar-refractivity contribution < 1.29 is 17.9 Å². The van der Waals surface area contributed by atoms with Crippen molar-refractivity contribution in [3.63, 3.8) is 0 Å². The molecule has 0 aliphatic carbocycles. The van der Waals surface area contributed by atoms with Crippen molar-refractivity contribution in [2.45, 2.75) is 25.2 Å². The van der Waals surface area contributed by atoms with E-state index in [9.17, 15) is 13.2 Å². The van der Waals surface area contributed by atoms with E-state index in [-0.39, 0.29) is 17.4 Å². The number of halogens is 1. The van der Waals surface area contributed by atoms with E-state index in [0.717, 1.165) is 10.0 Å². The second-order valence-corrected chi connectivity index (χ2v) is 8.31. The molecular weight excluding hydrogens is 420 g/mol. The molecule has 0 aliphatic rings. The number of aryl methyl sites for hydroxylation is 1. The van der Waals surface area contributed by atoms with Gasteiger partial charge in [-0.1, -0.05) is 13.0 Å². The van der Waals surface area contributed by atoms with Crippen molar-refractivity contribution in [3.8, 4) is 5.75 Å². The predicted octanol–water partition coefficient (Wildman–Crippen LogP) is 3.46. The van der Waals surface area contributed by atoms with Gasteiger partial charge in [-0.25, -0.2) is 13.1 Å². The minimum Gasteiger partial charge on any atom is -0.484 e. The first kappa shape index (κ1) is 20.4. The molecule has 6 nitrogen and oxygen atoms in total. The smallest absolute Gasteiger partial charge is 0.262 e. The number of hydrogen-bond acceptors (Lipinski definition) is 4. The fourth-order valence-electron chi connectivity index (χ4n) is 2.09. The Balaban J connectivity index is 1.92. The summed E-state index contributed by atoms with van der Waals surface area (Å²) in [7, 11) is -3.51. The van der Waals surface area contributed by atoms with Crippen LogP contribution < -0.4 is 14.8 Å². The van der Waals surface area contributed by atoms with Crippen LogP contribution in [0.5, 0.6) is 5.75 Å². The van der Waals surface area contributed by atoms with Crippen LogP contribution in [0.1, 0.15) is 18.9 Å². The van der Waals surface area contributed by atoms with Gasteiger partial charge in [-0.2, -0.15) is 0 Å². The highest BCUT2D eigenvalue weighted by Gasteiger charge is 2.13. The summed E-state index contributed by atoms with van der Waals surface area (Å²) in [4.78, 5) is 12.2. The van der Waals surface area contributed by atoms with E-state index < -0.39 is 10.0 Å². The molecule has 2 aromatic rings. The van der Waals surface area contributed by atoms with Crippen LogP contribution >= 0.6 is 15.9 Å². The molecule has 0 atom stereocenters. The number of ether oxygens (including phenoxy) is 1. The lowest BCUT2D eigenvalue weighted by Crippen LogP contribution is -2.24. The number of benzene rings is 2. The third kappa shape index (κ3) is 5.82. The molecule has 2 aromatic carbocycles. The van der Waals surface area contributed by atoms with Crippen LogP contribution in [0.2, 0.25) is 0 Å². The Morgan fingerprint density at radius 2 is 1.85 bits per heavy atom.